The van der Waals surface area contributed by atoms with Crippen molar-refractivity contribution in [3.05, 3.63) is 51.3 Å². The van der Waals surface area contributed by atoms with Gasteiger partial charge in [0.05, 0.1) is 16.3 Å². The van der Waals surface area contributed by atoms with E-state index in [1.54, 1.807) is 18.2 Å². The van der Waals surface area contributed by atoms with Gasteiger partial charge in [-0.05, 0) is 24.3 Å². The molecule has 18 heavy (non-hydrogen) atoms. The number of nitrogens with zero attached hydrogens (tertiary/aromatic N) is 2. The first-order valence-corrected chi connectivity index (χ1v) is 5.49. The first kappa shape index (κ1) is 10.8. The highest BCUT2D eigenvalue weighted by Gasteiger charge is 2.09. The predicted octanol–water partition coefficient (Wildman–Crippen LogP) is 2.87. The summed E-state index contributed by atoms with van der Waals surface area (Å²) in [7, 11) is 0. The summed E-state index contributed by atoms with van der Waals surface area (Å²) in [6.45, 7) is 0. The van der Waals surface area contributed by atoms with Crippen molar-refractivity contribution in [2.24, 2.45) is 0 Å². The van der Waals surface area contributed by atoms with Crippen LogP contribution in [-0.2, 0) is 0 Å². The van der Waals surface area contributed by atoms with E-state index < -0.39 is 0 Å². The molecule has 0 atom stereocenters. The number of hydrogen-bond donors (Lipinski definition) is 0. The van der Waals surface area contributed by atoms with Gasteiger partial charge in [-0.3, -0.25) is 4.79 Å². The zero-order chi connectivity index (χ0) is 12.7. The van der Waals surface area contributed by atoms with Crippen LogP contribution in [-0.4, -0.2) is 4.98 Å². The maximum atomic E-state index is 12.2. The fourth-order valence-electron chi connectivity index (χ4n) is 1.78. The molecule has 0 saturated carbocycles. The molecule has 0 aliphatic carbocycles. The lowest BCUT2D eigenvalue weighted by Crippen LogP contribution is -2.03. The third-order valence-electron chi connectivity index (χ3n) is 2.62. The van der Waals surface area contributed by atoms with Crippen molar-refractivity contribution in [3.8, 4) is 6.07 Å². The fraction of sp³-hybridized carbons (Fsp3) is 0. The van der Waals surface area contributed by atoms with Crippen molar-refractivity contribution in [2.45, 2.75) is 0 Å². The second-order valence-electron chi connectivity index (χ2n) is 3.76. The molecule has 0 bridgehead atoms. The average Bonchev–Trinajstić information content (AvgIpc) is 2.40. The van der Waals surface area contributed by atoms with Gasteiger partial charge < -0.3 is 4.42 Å². The average molecular weight is 257 g/mol. The number of fused-ring (bicyclic) bond motifs is 2. The van der Waals surface area contributed by atoms with Gasteiger partial charge >= 0.3 is 0 Å². The summed E-state index contributed by atoms with van der Waals surface area (Å²) in [5.74, 6) is 0. The van der Waals surface area contributed by atoms with Crippen molar-refractivity contribution in [1.29, 1.82) is 5.26 Å². The topological polar surface area (TPSA) is 66.9 Å². The molecule has 0 aliphatic rings. The molecule has 3 rings (SSSR count). The van der Waals surface area contributed by atoms with E-state index >= 15 is 0 Å². The van der Waals surface area contributed by atoms with Gasteiger partial charge in [0.25, 0.3) is 0 Å². The zero-order valence-electron chi connectivity index (χ0n) is 8.98. The third kappa shape index (κ3) is 1.53. The molecule has 2 aromatic heterocycles. The summed E-state index contributed by atoms with van der Waals surface area (Å²) < 4.78 is 5.50. The Morgan fingerprint density at radius 3 is 2.89 bits per heavy atom. The fourth-order valence-corrected chi connectivity index (χ4v) is 1.95. The molecule has 1 aromatic carbocycles. The Hall–Kier alpha value is -2.38. The molecule has 86 valence electrons. The van der Waals surface area contributed by atoms with E-state index in [1.165, 1.54) is 12.3 Å². The highest BCUT2D eigenvalue weighted by atomic mass is 35.5. The van der Waals surface area contributed by atoms with Crippen molar-refractivity contribution in [1.82, 2.24) is 4.98 Å². The molecule has 0 fully saturated rings. The molecular formula is C13H5ClN2O2. The van der Waals surface area contributed by atoms with Crippen molar-refractivity contribution < 1.29 is 4.42 Å². The highest BCUT2D eigenvalue weighted by Crippen LogP contribution is 2.20. The minimum atomic E-state index is -0.238. The van der Waals surface area contributed by atoms with Crippen LogP contribution >= 0.6 is 11.6 Å². The van der Waals surface area contributed by atoms with Gasteiger partial charge in [-0.2, -0.15) is 5.26 Å². The van der Waals surface area contributed by atoms with Crippen LogP contribution in [0.1, 0.15) is 5.56 Å². The van der Waals surface area contributed by atoms with Gasteiger partial charge in [-0.15, -0.1) is 0 Å². The Morgan fingerprint density at radius 2 is 2.11 bits per heavy atom. The number of benzene rings is 1. The van der Waals surface area contributed by atoms with Crippen molar-refractivity contribution in [2.75, 3.05) is 0 Å². The zero-order valence-corrected chi connectivity index (χ0v) is 9.73. The Morgan fingerprint density at radius 1 is 1.28 bits per heavy atom. The maximum Gasteiger partial charge on any atom is 0.230 e. The van der Waals surface area contributed by atoms with Crippen LogP contribution < -0.4 is 5.43 Å². The first-order valence-electron chi connectivity index (χ1n) is 5.11. The number of aromatic nitrogens is 1. The smallest absolute Gasteiger partial charge is 0.230 e. The van der Waals surface area contributed by atoms with Crippen LogP contribution in [0, 0.1) is 11.3 Å². The third-order valence-corrected chi connectivity index (χ3v) is 2.85. The molecule has 5 heteroatoms. The van der Waals surface area contributed by atoms with Crippen molar-refractivity contribution >= 4 is 33.7 Å². The van der Waals surface area contributed by atoms with Gasteiger partial charge in [0.1, 0.15) is 11.7 Å². The standard InChI is InChI=1S/C13H5ClN2O2/c14-8-1-2-11-9(4-8)12(17)10-3-7(5-15)6-16-13(10)18-11/h1-4,6H. The second-order valence-corrected chi connectivity index (χ2v) is 4.20. The Kier molecular flexibility index (Phi) is 2.29. The number of hydrogen-bond acceptors (Lipinski definition) is 4. The molecule has 4 nitrogen and oxygen atoms in total. The van der Waals surface area contributed by atoms with E-state index in [4.69, 9.17) is 21.3 Å². The van der Waals surface area contributed by atoms with Crippen LogP contribution in [0.25, 0.3) is 22.1 Å². The van der Waals surface area contributed by atoms with Crippen LogP contribution in [0.3, 0.4) is 0 Å². The quantitative estimate of drug-likeness (QED) is 0.580. The van der Waals surface area contributed by atoms with E-state index in [0.29, 0.717) is 21.6 Å². The lowest BCUT2D eigenvalue weighted by Gasteiger charge is -2.00. The van der Waals surface area contributed by atoms with Gasteiger partial charge in [-0.1, -0.05) is 11.6 Å². The van der Waals surface area contributed by atoms with Crippen LogP contribution in [0.4, 0.5) is 0 Å². The van der Waals surface area contributed by atoms with Crippen LogP contribution in [0.15, 0.2) is 39.7 Å². The summed E-state index contributed by atoms with van der Waals surface area (Å²) in [6.07, 6.45) is 1.37. The molecule has 0 radical (unpaired) electrons. The van der Waals surface area contributed by atoms with Gasteiger partial charge in [0.2, 0.25) is 11.1 Å². The van der Waals surface area contributed by atoms with Crippen LogP contribution in [0.5, 0.6) is 0 Å². The molecule has 3 aromatic rings. The SMILES string of the molecule is N#Cc1cnc2oc3ccc(Cl)cc3c(=O)c2c1. The molecule has 0 saturated heterocycles. The number of pyridine rings is 1. The highest BCUT2D eigenvalue weighted by molar-refractivity contribution is 6.31. The summed E-state index contributed by atoms with van der Waals surface area (Å²) in [5.41, 5.74) is 0.720. The van der Waals surface area contributed by atoms with E-state index in [1.807, 2.05) is 6.07 Å². The van der Waals surface area contributed by atoms with Crippen LogP contribution in [0.2, 0.25) is 5.02 Å². The lowest BCUT2D eigenvalue weighted by atomic mass is 10.1. The van der Waals surface area contributed by atoms with Gasteiger partial charge in [0, 0.05) is 11.2 Å². The van der Waals surface area contributed by atoms with E-state index in [9.17, 15) is 4.79 Å². The number of nitriles is 1. The predicted molar refractivity (Wildman–Crippen MR) is 67.5 cm³/mol. The second kappa shape index (κ2) is 3.83. The number of rotatable bonds is 0. The molecule has 2 heterocycles. The van der Waals surface area contributed by atoms with E-state index in [-0.39, 0.29) is 16.5 Å². The minimum absolute atomic E-state index is 0.217. The Bertz CT molecular complexity index is 878. The molecule has 0 amide bonds. The number of halogens is 1. The van der Waals surface area contributed by atoms with Gasteiger partial charge in [0.15, 0.2) is 0 Å². The first-order chi connectivity index (χ1) is 8.69. The maximum absolute atomic E-state index is 12.2. The summed E-state index contributed by atoms with van der Waals surface area (Å²) in [5, 5.41) is 9.92. The molecule has 0 spiro atoms. The largest absolute Gasteiger partial charge is 0.437 e. The normalized spacial score (nSPS) is 10.7. The molecule has 0 aliphatic heterocycles. The Balaban J connectivity index is 2.54. The van der Waals surface area contributed by atoms with E-state index in [0.717, 1.165) is 0 Å². The monoisotopic (exact) mass is 256 g/mol. The summed E-state index contributed by atoms with van der Waals surface area (Å²) in [6, 6.07) is 8.21. The van der Waals surface area contributed by atoms with E-state index in [2.05, 4.69) is 4.98 Å². The van der Waals surface area contributed by atoms with Crippen molar-refractivity contribution in [3.63, 3.8) is 0 Å². The molecule has 0 N–H and O–H groups in total. The molecule has 0 unspecified atom stereocenters. The molecular weight excluding hydrogens is 252 g/mol. The lowest BCUT2D eigenvalue weighted by molar-refractivity contribution is 0.644. The Labute approximate surface area is 106 Å². The summed E-state index contributed by atoms with van der Waals surface area (Å²) in [4.78, 5) is 16.2. The minimum Gasteiger partial charge on any atom is -0.437 e. The summed E-state index contributed by atoms with van der Waals surface area (Å²) >= 11 is 5.85. The van der Waals surface area contributed by atoms with Gasteiger partial charge in [-0.25, -0.2) is 4.98 Å².